The largest absolute Gasteiger partial charge is 0.356 e. The van der Waals surface area contributed by atoms with Crippen LogP contribution in [0.1, 0.15) is 34.4 Å². The molecular formula is C11H23N3O. The molecule has 0 atom stereocenters. The summed E-state index contributed by atoms with van der Waals surface area (Å²) in [6.45, 7) is 6.25. The van der Waals surface area contributed by atoms with Gasteiger partial charge in [-0.05, 0) is 6.42 Å². The maximum Gasteiger partial charge on any atom is 0.216 e. The molecule has 0 saturated carbocycles. The summed E-state index contributed by atoms with van der Waals surface area (Å²) in [4.78, 5) is 14.7. The smallest absolute Gasteiger partial charge is 0.216 e. The minimum absolute atomic E-state index is 0. The average molecular weight is 213 g/mol. The molecule has 0 aliphatic heterocycles. The summed E-state index contributed by atoms with van der Waals surface area (Å²) >= 11 is 0. The van der Waals surface area contributed by atoms with E-state index in [1.165, 1.54) is 6.92 Å². The van der Waals surface area contributed by atoms with E-state index < -0.39 is 0 Å². The topological polar surface area (TPSA) is 46.9 Å². The lowest BCUT2D eigenvalue weighted by molar-refractivity contribution is -0.118. The molecule has 1 N–H and O–H groups in total. The number of nitrogens with one attached hydrogen (secondary N) is 1. The normalized spacial score (nSPS) is 9.07. The Labute approximate surface area is 93.2 Å². The minimum Gasteiger partial charge on any atom is -0.356 e. The second-order valence-electron chi connectivity index (χ2n) is 3.04. The lowest BCUT2D eigenvalue weighted by Gasteiger charge is -2.02. The van der Waals surface area contributed by atoms with E-state index in [2.05, 4.69) is 10.3 Å². The van der Waals surface area contributed by atoms with Gasteiger partial charge in [-0.3, -0.25) is 4.79 Å². The Bertz CT molecular complexity index is 287. The molecule has 0 saturated heterocycles. The summed E-state index contributed by atoms with van der Waals surface area (Å²) in [5.41, 5.74) is 0. The highest BCUT2D eigenvalue weighted by Gasteiger charge is 1.98. The quantitative estimate of drug-likeness (QED) is 0.775. The number of imidazole rings is 1. The summed E-state index contributed by atoms with van der Waals surface area (Å²) in [6.07, 6.45) is 5.55. The molecule has 0 unspecified atom stereocenters. The first-order chi connectivity index (χ1) is 7.20. The van der Waals surface area contributed by atoms with Crippen LogP contribution in [0.15, 0.2) is 12.4 Å². The van der Waals surface area contributed by atoms with Gasteiger partial charge in [-0.25, -0.2) is 4.98 Å². The van der Waals surface area contributed by atoms with Gasteiger partial charge in [0.15, 0.2) is 0 Å². The zero-order chi connectivity index (χ0) is 11.7. The van der Waals surface area contributed by atoms with Crippen molar-refractivity contribution in [3.8, 4) is 0 Å². The fourth-order valence-corrected chi connectivity index (χ4v) is 1.15. The van der Waals surface area contributed by atoms with Crippen molar-refractivity contribution in [2.75, 3.05) is 6.54 Å². The number of aryl methyl sites for hydroxylation is 2. The van der Waals surface area contributed by atoms with E-state index >= 15 is 0 Å². The van der Waals surface area contributed by atoms with Crippen LogP contribution in [0.25, 0.3) is 0 Å². The van der Waals surface area contributed by atoms with E-state index in [1.807, 2.05) is 31.7 Å². The number of rotatable bonds is 4. The van der Waals surface area contributed by atoms with Crippen molar-refractivity contribution in [1.29, 1.82) is 0 Å². The molecule has 0 aliphatic rings. The molecule has 0 radical (unpaired) electrons. The second kappa shape index (κ2) is 8.03. The number of hydrogen-bond acceptors (Lipinski definition) is 2. The SMILES string of the molecule is CC.CC(=O)NCCCc1nccn1C.[HH]. The van der Waals surface area contributed by atoms with Crippen molar-refractivity contribution in [3.05, 3.63) is 18.2 Å². The van der Waals surface area contributed by atoms with Gasteiger partial charge in [-0.15, -0.1) is 0 Å². The summed E-state index contributed by atoms with van der Waals surface area (Å²) in [7, 11) is 1.97. The first kappa shape index (κ1) is 13.7. The Morgan fingerprint density at radius 1 is 1.60 bits per heavy atom. The van der Waals surface area contributed by atoms with Crippen LogP contribution in [-0.2, 0) is 18.3 Å². The lowest BCUT2D eigenvalue weighted by atomic mass is 10.3. The standard InChI is InChI=1S/C9H15N3O.C2H6.H2/c1-8(13)10-5-3-4-9-11-6-7-12(9)2;1-2;/h6-7H,3-5H2,1-2H3,(H,10,13);1-2H3;1H. The Kier molecular flexibility index (Phi) is 7.32. The van der Waals surface area contributed by atoms with E-state index in [0.717, 1.165) is 25.2 Å². The molecule has 1 aromatic rings. The van der Waals surface area contributed by atoms with Gasteiger partial charge in [0.1, 0.15) is 5.82 Å². The summed E-state index contributed by atoms with van der Waals surface area (Å²) in [5, 5.41) is 2.75. The van der Waals surface area contributed by atoms with Gasteiger partial charge in [0.2, 0.25) is 5.91 Å². The zero-order valence-corrected chi connectivity index (χ0v) is 10.1. The van der Waals surface area contributed by atoms with Crippen molar-refractivity contribution in [2.24, 2.45) is 7.05 Å². The van der Waals surface area contributed by atoms with Gasteiger partial charge in [0, 0.05) is 40.8 Å². The molecular weight excluding hydrogens is 190 g/mol. The summed E-state index contributed by atoms with van der Waals surface area (Å²) < 4.78 is 1.99. The molecule has 0 spiro atoms. The molecule has 0 aromatic carbocycles. The van der Waals surface area contributed by atoms with Crippen molar-refractivity contribution in [1.82, 2.24) is 14.9 Å². The monoisotopic (exact) mass is 213 g/mol. The predicted octanol–water partition coefficient (Wildman–Crippen LogP) is 1.76. The van der Waals surface area contributed by atoms with Gasteiger partial charge in [0.25, 0.3) is 0 Å². The van der Waals surface area contributed by atoms with Gasteiger partial charge in [-0.1, -0.05) is 13.8 Å². The third-order valence-corrected chi connectivity index (χ3v) is 1.87. The van der Waals surface area contributed by atoms with Crippen LogP contribution in [0, 0.1) is 0 Å². The van der Waals surface area contributed by atoms with Crippen LogP contribution >= 0.6 is 0 Å². The number of carbonyl (C=O) groups excluding carboxylic acids is 1. The van der Waals surface area contributed by atoms with Crippen molar-refractivity contribution in [3.63, 3.8) is 0 Å². The molecule has 88 valence electrons. The van der Waals surface area contributed by atoms with Crippen molar-refractivity contribution in [2.45, 2.75) is 33.6 Å². The van der Waals surface area contributed by atoms with Gasteiger partial charge >= 0.3 is 0 Å². The molecule has 1 amide bonds. The van der Waals surface area contributed by atoms with E-state index in [4.69, 9.17) is 0 Å². The minimum atomic E-state index is 0. The fourth-order valence-electron chi connectivity index (χ4n) is 1.15. The van der Waals surface area contributed by atoms with Gasteiger partial charge in [-0.2, -0.15) is 0 Å². The molecule has 4 nitrogen and oxygen atoms in total. The molecule has 0 bridgehead atoms. The Hall–Kier alpha value is -1.32. The van der Waals surface area contributed by atoms with Crippen LogP contribution in [-0.4, -0.2) is 22.0 Å². The zero-order valence-electron chi connectivity index (χ0n) is 10.1. The first-order valence-corrected chi connectivity index (χ1v) is 5.41. The number of aromatic nitrogens is 2. The third-order valence-electron chi connectivity index (χ3n) is 1.87. The van der Waals surface area contributed by atoms with Crippen LogP contribution in [0.3, 0.4) is 0 Å². The molecule has 4 heteroatoms. The van der Waals surface area contributed by atoms with Crippen LogP contribution in [0.5, 0.6) is 0 Å². The van der Waals surface area contributed by atoms with Gasteiger partial charge in [0.05, 0.1) is 0 Å². The van der Waals surface area contributed by atoms with Crippen molar-refractivity contribution >= 4 is 5.91 Å². The number of hydrogen-bond donors (Lipinski definition) is 1. The third kappa shape index (κ3) is 5.88. The highest BCUT2D eigenvalue weighted by molar-refractivity contribution is 5.72. The molecule has 1 heterocycles. The van der Waals surface area contributed by atoms with E-state index in [9.17, 15) is 4.79 Å². The van der Waals surface area contributed by atoms with Crippen molar-refractivity contribution < 1.29 is 6.22 Å². The summed E-state index contributed by atoms with van der Waals surface area (Å²) in [6, 6.07) is 0. The van der Waals surface area contributed by atoms with E-state index in [-0.39, 0.29) is 7.33 Å². The highest BCUT2D eigenvalue weighted by Crippen LogP contribution is 1.97. The van der Waals surface area contributed by atoms with Crippen LogP contribution in [0.4, 0.5) is 0 Å². The molecule has 0 aliphatic carbocycles. The Morgan fingerprint density at radius 2 is 2.27 bits per heavy atom. The Morgan fingerprint density at radius 3 is 2.73 bits per heavy atom. The van der Waals surface area contributed by atoms with Gasteiger partial charge < -0.3 is 9.88 Å². The first-order valence-electron chi connectivity index (χ1n) is 5.41. The lowest BCUT2D eigenvalue weighted by Crippen LogP contribution is -2.21. The molecule has 1 aromatic heterocycles. The van der Waals surface area contributed by atoms with E-state index in [1.54, 1.807) is 6.20 Å². The molecule has 0 fully saturated rings. The fraction of sp³-hybridized carbons (Fsp3) is 0.636. The van der Waals surface area contributed by atoms with E-state index in [0.29, 0.717) is 0 Å². The maximum absolute atomic E-state index is 10.5. The molecule has 1 rings (SSSR count). The number of carbonyl (C=O) groups is 1. The van der Waals surface area contributed by atoms with Crippen LogP contribution < -0.4 is 5.32 Å². The number of amides is 1. The number of nitrogens with zero attached hydrogens (tertiary/aromatic N) is 2. The summed E-state index contributed by atoms with van der Waals surface area (Å²) in [5.74, 6) is 1.09. The predicted molar refractivity (Wildman–Crippen MR) is 63.7 cm³/mol. The second-order valence-corrected chi connectivity index (χ2v) is 3.04. The average Bonchev–Trinajstić information content (AvgIpc) is 2.62. The highest BCUT2D eigenvalue weighted by atomic mass is 16.1. The van der Waals surface area contributed by atoms with Crippen LogP contribution in [0.2, 0.25) is 0 Å². The molecule has 15 heavy (non-hydrogen) atoms. The maximum atomic E-state index is 10.5. The Balaban J connectivity index is 0.